The fraction of sp³-hybridized carbons (Fsp3) is 0.600. The van der Waals surface area contributed by atoms with Gasteiger partial charge in [-0.2, -0.15) is 0 Å². The van der Waals surface area contributed by atoms with Crippen molar-refractivity contribution in [1.29, 1.82) is 0 Å². The first-order valence-electron chi connectivity index (χ1n) is 9.26. The molecule has 0 N–H and O–H groups in total. The predicted molar refractivity (Wildman–Crippen MR) is 97.4 cm³/mol. The van der Waals surface area contributed by atoms with E-state index in [2.05, 4.69) is 13.8 Å². The van der Waals surface area contributed by atoms with Crippen LogP contribution < -0.4 is 4.90 Å². The number of ether oxygens (including phenoxy) is 1. The minimum Gasteiger partial charge on any atom is -0.363 e. The number of morpholine rings is 1. The highest BCUT2D eigenvalue weighted by Gasteiger charge is 2.43. The average molecular weight is 344 g/mol. The van der Waals surface area contributed by atoms with E-state index in [0.717, 1.165) is 24.9 Å². The lowest BCUT2D eigenvalue weighted by atomic mass is 9.88. The predicted octanol–water partition coefficient (Wildman–Crippen LogP) is 2.85. The van der Waals surface area contributed by atoms with Gasteiger partial charge in [0.15, 0.2) is 0 Å². The zero-order valence-corrected chi connectivity index (χ0v) is 15.2. The molecular weight excluding hydrogens is 316 g/mol. The summed E-state index contributed by atoms with van der Waals surface area (Å²) in [6, 6.07) is 9.76. The van der Waals surface area contributed by atoms with Crippen molar-refractivity contribution in [2.75, 3.05) is 31.1 Å². The summed E-state index contributed by atoms with van der Waals surface area (Å²) in [5.41, 5.74) is 0.601. The summed E-state index contributed by atoms with van der Waals surface area (Å²) >= 11 is 0. The monoisotopic (exact) mass is 344 g/mol. The lowest BCUT2D eigenvalue weighted by molar-refractivity contribution is -0.150. The molecule has 136 valence electrons. The van der Waals surface area contributed by atoms with Crippen LogP contribution in [0.2, 0.25) is 0 Å². The van der Waals surface area contributed by atoms with Gasteiger partial charge in [-0.1, -0.05) is 32.0 Å². The van der Waals surface area contributed by atoms with E-state index in [1.165, 1.54) is 0 Å². The number of amides is 2. The number of benzene rings is 1. The van der Waals surface area contributed by atoms with Crippen molar-refractivity contribution in [2.45, 2.75) is 45.1 Å². The van der Waals surface area contributed by atoms with Gasteiger partial charge in [-0.3, -0.25) is 9.59 Å². The van der Waals surface area contributed by atoms with Gasteiger partial charge in [0.25, 0.3) is 5.91 Å². The third-order valence-corrected chi connectivity index (χ3v) is 5.28. The molecule has 2 fully saturated rings. The Bertz CT molecular complexity index is 607. The first-order chi connectivity index (χ1) is 12.0. The van der Waals surface area contributed by atoms with Gasteiger partial charge in [0.1, 0.15) is 6.61 Å². The minimum atomic E-state index is -0.321. The molecule has 2 aliphatic rings. The van der Waals surface area contributed by atoms with Crippen molar-refractivity contribution < 1.29 is 14.3 Å². The molecule has 2 saturated heterocycles. The van der Waals surface area contributed by atoms with Crippen molar-refractivity contribution >= 4 is 17.5 Å². The van der Waals surface area contributed by atoms with Gasteiger partial charge in [-0.15, -0.1) is 0 Å². The molecule has 0 aromatic heterocycles. The number of hydrogen-bond acceptors (Lipinski definition) is 3. The van der Waals surface area contributed by atoms with Gasteiger partial charge < -0.3 is 14.5 Å². The summed E-state index contributed by atoms with van der Waals surface area (Å²) in [4.78, 5) is 28.4. The lowest BCUT2D eigenvalue weighted by Crippen LogP contribution is -2.59. The Hall–Kier alpha value is -1.88. The molecule has 0 radical (unpaired) electrons. The third-order valence-electron chi connectivity index (χ3n) is 5.28. The summed E-state index contributed by atoms with van der Waals surface area (Å²) < 4.78 is 5.97. The molecule has 0 aliphatic carbocycles. The molecule has 5 heteroatoms. The van der Waals surface area contributed by atoms with Gasteiger partial charge in [-0.05, 0) is 37.3 Å². The molecule has 1 aromatic rings. The van der Waals surface area contributed by atoms with E-state index in [-0.39, 0.29) is 24.0 Å². The maximum Gasteiger partial charge on any atom is 0.253 e. The number of likely N-dealkylation sites (tertiary alicyclic amines) is 1. The molecule has 0 bridgehead atoms. The molecule has 1 spiro atoms. The second kappa shape index (κ2) is 7.56. The third kappa shape index (κ3) is 4.21. The number of anilines is 1. The molecule has 5 nitrogen and oxygen atoms in total. The molecule has 0 atom stereocenters. The SMILES string of the molecule is CC(C)CCC(=O)N1CCC2(CC1)CN(c1ccccc1)C(=O)CO2. The number of piperidine rings is 1. The topological polar surface area (TPSA) is 49.9 Å². The van der Waals surface area contributed by atoms with E-state index in [0.29, 0.717) is 32.0 Å². The maximum atomic E-state index is 12.3. The summed E-state index contributed by atoms with van der Waals surface area (Å²) in [6.07, 6.45) is 3.14. The van der Waals surface area contributed by atoms with Gasteiger partial charge in [0.05, 0.1) is 12.1 Å². The first kappa shape index (κ1) is 17.9. The molecule has 0 saturated carbocycles. The zero-order valence-electron chi connectivity index (χ0n) is 15.2. The van der Waals surface area contributed by atoms with Gasteiger partial charge in [0, 0.05) is 25.2 Å². The van der Waals surface area contributed by atoms with E-state index in [1.54, 1.807) is 0 Å². The maximum absolute atomic E-state index is 12.3. The normalized spacial score (nSPS) is 20.4. The fourth-order valence-corrected chi connectivity index (χ4v) is 3.59. The number of hydrogen-bond donors (Lipinski definition) is 0. The quantitative estimate of drug-likeness (QED) is 0.844. The molecule has 2 aliphatic heterocycles. The molecule has 2 heterocycles. The Kier molecular flexibility index (Phi) is 5.42. The van der Waals surface area contributed by atoms with Crippen LogP contribution in [0, 0.1) is 5.92 Å². The summed E-state index contributed by atoms with van der Waals surface area (Å²) in [5, 5.41) is 0. The minimum absolute atomic E-state index is 0.00673. The van der Waals surface area contributed by atoms with Crippen molar-refractivity contribution in [2.24, 2.45) is 5.92 Å². The van der Waals surface area contributed by atoms with Crippen molar-refractivity contribution in [1.82, 2.24) is 4.90 Å². The highest BCUT2D eigenvalue weighted by atomic mass is 16.5. The van der Waals surface area contributed by atoms with E-state index < -0.39 is 0 Å². The Labute approximate surface area is 149 Å². The van der Waals surface area contributed by atoms with E-state index in [1.807, 2.05) is 40.1 Å². The Morgan fingerprint density at radius 2 is 1.88 bits per heavy atom. The molecule has 1 aromatic carbocycles. The van der Waals surface area contributed by atoms with Crippen molar-refractivity contribution in [3.8, 4) is 0 Å². The van der Waals surface area contributed by atoms with Crippen LogP contribution in [0.15, 0.2) is 30.3 Å². The second-order valence-electron chi connectivity index (χ2n) is 7.60. The fourth-order valence-electron chi connectivity index (χ4n) is 3.59. The van der Waals surface area contributed by atoms with Gasteiger partial charge in [-0.25, -0.2) is 0 Å². The highest BCUT2D eigenvalue weighted by Crippen LogP contribution is 2.33. The Balaban J connectivity index is 1.61. The number of carbonyl (C=O) groups is 2. The number of carbonyl (C=O) groups excluding carboxylic acids is 2. The van der Waals surface area contributed by atoms with Crippen LogP contribution in [0.1, 0.15) is 39.5 Å². The average Bonchev–Trinajstić information content (AvgIpc) is 2.63. The smallest absolute Gasteiger partial charge is 0.253 e. The molecule has 3 rings (SSSR count). The lowest BCUT2D eigenvalue weighted by Gasteiger charge is -2.47. The van der Waals surface area contributed by atoms with Crippen molar-refractivity contribution in [3.05, 3.63) is 30.3 Å². The standard InChI is InChI=1S/C20H28N2O3/c1-16(2)8-9-18(23)21-12-10-20(11-13-21)15-22(19(24)14-25-20)17-6-4-3-5-7-17/h3-7,16H,8-15H2,1-2H3. The molecule has 0 unspecified atom stereocenters. The summed E-state index contributed by atoms with van der Waals surface area (Å²) in [5.74, 6) is 0.801. The van der Waals surface area contributed by atoms with Crippen molar-refractivity contribution in [3.63, 3.8) is 0 Å². The van der Waals surface area contributed by atoms with Crippen LogP contribution in [0.4, 0.5) is 5.69 Å². The van der Waals surface area contributed by atoms with Crippen LogP contribution >= 0.6 is 0 Å². The number of rotatable bonds is 4. The van der Waals surface area contributed by atoms with E-state index >= 15 is 0 Å². The van der Waals surface area contributed by atoms with Gasteiger partial charge >= 0.3 is 0 Å². The van der Waals surface area contributed by atoms with Crippen LogP contribution in [0.3, 0.4) is 0 Å². The number of para-hydroxylation sites is 1. The van der Waals surface area contributed by atoms with Crippen LogP contribution in [-0.2, 0) is 14.3 Å². The second-order valence-corrected chi connectivity index (χ2v) is 7.60. The number of nitrogens with zero attached hydrogens (tertiary/aromatic N) is 2. The summed E-state index contributed by atoms with van der Waals surface area (Å²) in [6.45, 7) is 6.41. The first-order valence-corrected chi connectivity index (χ1v) is 9.26. The van der Waals surface area contributed by atoms with E-state index in [9.17, 15) is 9.59 Å². The van der Waals surface area contributed by atoms with E-state index in [4.69, 9.17) is 4.74 Å². The highest BCUT2D eigenvalue weighted by molar-refractivity contribution is 5.95. The van der Waals surface area contributed by atoms with Crippen LogP contribution in [-0.4, -0.2) is 48.6 Å². The van der Waals surface area contributed by atoms with Crippen LogP contribution in [0.25, 0.3) is 0 Å². The van der Waals surface area contributed by atoms with Gasteiger partial charge in [0.2, 0.25) is 5.91 Å². The largest absolute Gasteiger partial charge is 0.363 e. The zero-order chi connectivity index (χ0) is 17.9. The van der Waals surface area contributed by atoms with Crippen LogP contribution in [0.5, 0.6) is 0 Å². The Morgan fingerprint density at radius 3 is 2.52 bits per heavy atom. The Morgan fingerprint density at radius 1 is 1.20 bits per heavy atom. The molecule has 25 heavy (non-hydrogen) atoms. The summed E-state index contributed by atoms with van der Waals surface area (Å²) in [7, 11) is 0. The molecular formula is C20H28N2O3. The molecule has 2 amide bonds.